The maximum atomic E-state index is 13.2. The molecule has 0 unspecified atom stereocenters. The lowest BCUT2D eigenvalue weighted by atomic mass is 10.1. The van der Waals surface area contributed by atoms with E-state index in [0.717, 1.165) is 6.07 Å². The van der Waals surface area contributed by atoms with Gasteiger partial charge in [-0.3, -0.25) is 4.79 Å². The van der Waals surface area contributed by atoms with Crippen molar-refractivity contribution in [2.45, 2.75) is 19.8 Å². The molecular formula is C15H13Cl2FN2O. The van der Waals surface area contributed by atoms with Crippen molar-refractivity contribution in [1.82, 2.24) is 4.98 Å². The summed E-state index contributed by atoms with van der Waals surface area (Å²) in [5, 5.41) is 3.03. The van der Waals surface area contributed by atoms with Crippen molar-refractivity contribution in [3.63, 3.8) is 0 Å². The van der Waals surface area contributed by atoms with E-state index < -0.39 is 11.7 Å². The molecule has 0 spiro atoms. The van der Waals surface area contributed by atoms with E-state index in [1.165, 1.54) is 18.2 Å². The van der Waals surface area contributed by atoms with E-state index >= 15 is 0 Å². The summed E-state index contributed by atoms with van der Waals surface area (Å²) in [4.78, 5) is 16.4. The molecule has 2 aromatic rings. The molecule has 21 heavy (non-hydrogen) atoms. The highest BCUT2D eigenvalue weighted by atomic mass is 35.5. The zero-order chi connectivity index (χ0) is 15.6. The smallest absolute Gasteiger partial charge is 0.255 e. The number of amides is 1. The molecule has 0 aliphatic carbocycles. The standard InChI is InChI=1S/C15H13Cl2FN2O/c1-8(2)13-3-9(4-14(17)20-13)15(21)19-12-6-10(16)5-11(18)7-12/h3-8H,1-2H3,(H,19,21). The number of hydrogen-bond donors (Lipinski definition) is 1. The highest BCUT2D eigenvalue weighted by Crippen LogP contribution is 2.21. The van der Waals surface area contributed by atoms with Gasteiger partial charge in [-0.15, -0.1) is 0 Å². The Bertz CT molecular complexity index is 669. The first-order chi connectivity index (χ1) is 9.85. The van der Waals surface area contributed by atoms with Crippen LogP contribution in [-0.4, -0.2) is 10.9 Å². The number of benzene rings is 1. The van der Waals surface area contributed by atoms with Crippen LogP contribution in [0.1, 0.15) is 35.8 Å². The monoisotopic (exact) mass is 326 g/mol. The number of nitrogens with zero attached hydrogens (tertiary/aromatic N) is 1. The van der Waals surface area contributed by atoms with Crippen LogP contribution in [0.15, 0.2) is 30.3 Å². The van der Waals surface area contributed by atoms with Crippen LogP contribution < -0.4 is 5.32 Å². The van der Waals surface area contributed by atoms with Gasteiger partial charge in [0.05, 0.1) is 0 Å². The van der Waals surface area contributed by atoms with Crippen LogP contribution in [0.25, 0.3) is 0 Å². The Morgan fingerprint density at radius 2 is 1.90 bits per heavy atom. The molecule has 1 amide bonds. The van der Waals surface area contributed by atoms with Crippen molar-refractivity contribution in [2.24, 2.45) is 0 Å². The first-order valence-corrected chi connectivity index (χ1v) is 7.05. The van der Waals surface area contributed by atoms with Gasteiger partial charge in [-0.25, -0.2) is 9.37 Å². The van der Waals surface area contributed by atoms with Crippen molar-refractivity contribution in [3.8, 4) is 0 Å². The van der Waals surface area contributed by atoms with Crippen LogP contribution in [0.3, 0.4) is 0 Å². The highest BCUT2D eigenvalue weighted by Gasteiger charge is 2.12. The van der Waals surface area contributed by atoms with Crippen molar-refractivity contribution in [1.29, 1.82) is 0 Å². The quantitative estimate of drug-likeness (QED) is 0.815. The van der Waals surface area contributed by atoms with Gasteiger partial charge in [-0.1, -0.05) is 37.0 Å². The van der Waals surface area contributed by atoms with E-state index in [0.29, 0.717) is 11.3 Å². The molecule has 0 radical (unpaired) electrons. The topological polar surface area (TPSA) is 42.0 Å². The third-order valence-electron chi connectivity index (χ3n) is 2.79. The molecule has 0 saturated heterocycles. The Kier molecular flexibility index (Phi) is 4.80. The van der Waals surface area contributed by atoms with Crippen molar-refractivity contribution in [3.05, 3.63) is 57.6 Å². The lowest BCUT2D eigenvalue weighted by molar-refractivity contribution is 0.102. The third kappa shape index (κ3) is 4.16. The van der Waals surface area contributed by atoms with Gasteiger partial charge in [0.1, 0.15) is 11.0 Å². The zero-order valence-corrected chi connectivity index (χ0v) is 13.0. The number of rotatable bonds is 3. The number of carbonyl (C=O) groups excluding carboxylic acids is 1. The molecule has 1 N–H and O–H groups in total. The normalized spacial score (nSPS) is 10.8. The molecule has 1 heterocycles. The second-order valence-corrected chi connectivity index (χ2v) is 5.69. The number of anilines is 1. The lowest BCUT2D eigenvalue weighted by Gasteiger charge is -2.09. The van der Waals surface area contributed by atoms with E-state index in [4.69, 9.17) is 23.2 Å². The van der Waals surface area contributed by atoms with Crippen molar-refractivity contribution < 1.29 is 9.18 Å². The molecule has 1 aromatic heterocycles. The van der Waals surface area contributed by atoms with Gasteiger partial charge in [-0.05, 0) is 36.2 Å². The second kappa shape index (κ2) is 6.41. The Hall–Kier alpha value is -1.65. The molecule has 0 aliphatic heterocycles. The van der Waals surface area contributed by atoms with Gasteiger partial charge < -0.3 is 5.32 Å². The summed E-state index contributed by atoms with van der Waals surface area (Å²) in [6.07, 6.45) is 0. The number of aromatic nitrogens is 1. The van der Waals surface area contributed by atoms with Gasteiger partial charge in [-0.2, -0.15) is 0 Å². The minimum Gasteiger partial charge on any atom is -0.322 e. The van der Waals surface area contributed by atoms with Crippen LogP contribution in [-0.2, 0) is 0 Å². The molecule has 110 valence electrons. The lowest BCUT2D eigenvalue weighted by Crippen LogP contribution is -2.13. The SMILES string of the molecule is CC(C)c1cc(C(=O)Nc2cc(F)cc(Cl)c2)cc(Cl)n1. The van der Waals surface area contributed by atoms with E-state index in [9.17, 15) is 9.18 Å². The molecule has 2 rings (SSSR count). The number of halogens is 3. The fraction of sp³-hybridized carbons (Fsp3) is 0.200. The Morgan fingerprint density at radius 1 is 1.19 bits per heavy atom. The maximum absolute atomic E-state index is 13.2. The first kappa shape index (κ1) is 15.7. The molecule has 0 atom stereocenters. The van der Waals surface area contributed by atoms with Crippen LogP contribution in [0.5, 0.6) is 0 Å². The van der Waals surface area contributed by atoms with E-state index in [1.807, 2.05) is 13.8 Å². The largest absolute Gasteiger partial charge is 0.322 e. The average Bonchev–Trinajstić information content (AvgIpc) is 2.36. The molecule has 0 saturated carbocycles. The summed E-state index contributed by atoms with van der Waals surface area (Å²) in [5.74, 6) is -0.782. The zero-order valence-electron chi connectivity index (χ0n) is 11.5. The van der Waals surface area contributed by atoms with Gasteiger partial charge in [0, 0.05) is 22.0 Å². The molecular weight excluding hydrogens is 314 g/mol. The summed E-state index contributed by atoms with van der Waals surface area (Å²) in [6, 6.07) is 6.94. The maximum Gasteiger partial charge on any atom is 0.255 e. The molecule has 0 aliphatic rings. The van der Waals surface area contributed by atoms with Crippen molar-refractivity contribution in [2.75, 3.05) is 5.32 Å². The van der Waals surface area contributed by atoms with E-state index in [-0.39, 0.29) is 21.8 Å². The number of nitrogens with one attached hydrogen (secondary N) is 1. The predicted molar refractivity (Wildman–Crippen MR) is 82.7 cm³/mol. The molecule has 1 aromatic carbocycles. The minimum absolute atomic E-state index is 0.138. The van der Waals surface area contributed by atoms with E-state index in [2.05, 4.69) is 10.3 Å². The predicted octanol–water partition coefficient (Wildman–Crippen LogP) is 4.90. The van der Waals surface area contributed by atoms with Gasteiger partial charge in [0.2, 0.25) is 0 Å². The molecule has 3 nitrogen and oxygen atoms in total. The Balaban J connectivity index is 2.28. The number of pyridine rings is 1. The third-order valence-corrected chi connectivity index (χ3v) is 3.20. The van der Waals surface area contributed by atoms with E-state index in [1.54, 1.807) is 6.07 Å². The summed E-state index contributed by atoms with van der Waals surface area (Å²) < 4.78 is 13.2. The Labute approximate surface area is 132 Å². The summed E-state index contributed by atoms with van der Waals surface area (Å²) in [5.41, 5.74) is 1.35. The van der Waals surface area contributed by atoms with Crippen LogP contribution in [0.4, 0.5) is 10.1 Å². The average molecular weight is 327 g/mol. The second-order valence-electron chi connectivity index (χ2n) is 4.87. The fourth-order valence-electron chi connectivity index (χ4n) is 1.77. The van der Waals surface area contributed by atoms with Crippen LogP contribution >= 0.6 is 23.2 Å². The molecule has 0 fully saturated rings. The summed E-state index contributed by atoms with van der Waals surface area (Å²) >= 11 is 11.7. The van der Waals surface area contributed by atoms with Gasteiger partial charge in [0.15, 0.2) is 0 Å². The summed E-state index contributed by atoms with van der Waals surface area (Å²) in [6.45, 7) is 3.90. The highest BCUT2D eigenvalue weighted by molar-refractivity contribution is 6.31. The van der Waals surface area contributed by atoms with Crippen LogP contribution in [0, 0.1) is 5.82 Å². The summed E-state index contributed by atoms with van der Waals surface area (Å²) in [7, 11) is 0. The number of hydrogen-bond acceptors (Lipinski definition) is 2. The molecule has 0 bridgehead atoms. The Morgan fingerprint density at radius 3 is 2.52 bits per heavy atom. The van der Waals surface area contributed by atoms with Gasteiger partial charge in [0.25, 0.3) is 5.91 Å². The minimum atomic E-state index is -0.520. The van der Waals surface area contributed by atoms with Crippen molar-refractivity contribution >= 4 is 34.8 Å². The van der Waals surface area contributed by atoms with Crippen LogP contribution in [0.2, 0.25) is 10.2 Å². The first-order valence-electron chi connectivity index (χ1n) is 6.30. The van der Waals surface area contributed by atoms with Gasteiger partial charge >= 0.3 is 0 Å². The fourth-order valence-corrected chi connectivity index (χ4v) is 2.21. The molecule has 6 heteroatoms. The number of carbonyl (C=O) groups is 1.